The highest BCUT2D eigenvalue weighted by Gasteiger charge is 2.09. The van der Waals surface area contributed by atoms with Crippen LogP contribution in [-0.2, 0) is 20.1 Å². The summed E-state index contributed by atoms with van der Waals surface area (Å²) in [7, 11) is 1.92. The van der Waals surface area contributed by atoms with Crippen LogP contribution in [0.5, 0.6) is 0 Å². The Labute approximate surface area is 117 Å². The molecule has 3 nitrogen and oxygen atoms in total. The molecule has 1 N–H and O–H groups in total. The van der Waals surface area contributed by atoms with Crippen LogP contribution in [-0.4, -0.2) is 9.78 Å². The number of hydrogen-bond acceptors (Lipinski definition) is 2. The summed E-state index contributed by atoms with van der Waals surface area (Å²) in [5.74, 6) is -0.278. The van der Waals surface area contributed by atoms with Gasteiger partial charge in [-0.25, -0.2) is 4.39 Å². The predicted octanol–water partition coefficient (Wildman–Crippen LogP) is 3.12. The molecule has 0 atom stereocenters. The smallest absolute Gasteiger partial charge is 0.129 e. The van der Waals surface area contributed by atoms with Crippen molar-refractivity contribution in [2.75, 3.05) is 0 Å². The van der Waals surface area contributed by atoms with Crippen LogP contribution in [0.2, 0.25) is 5.02 Å². The maximum Gasteiger partial charge on any atom is 0.129 e. The minimum Gasteiger partial charge on any atom is -0.308 e. The lowest BCUT2D eigenvalue weighted by Crippen LogP contribution is -2.14. The van der Waals surface area contributed by atoms with Gasteiger partial charge in [0.05, 0.1) is 5.69 Å². The molecule has 0 aliphatic rings. The Morgan fingerprint density at radius 2 is 2.05 bits per heavy atom. The number of aryl methyl sites for hydroxylation is 2. The monoisotopic (exact) mass is 281 g/mol. The van der Waals surface area contributed by atoms with E-state index < -0.39 is 0 Å². The molecule has 0 aliphatic carbocycles. The first kappa shape index (κ1) is 14.0. The van der Waals surface area contributed by atoms with Crippen LogP contribution in [0.4, 0.5) is 4.39 Å². The van der Waals surface area contributed by atoms with E-state index in [0.717, 1.165) is 17.0 Å². The fraction of sp³-hybridized carbons (Fsp3) is 0.357. The lowest BCUT2D eigenvalue weighted by molar-refractivity contribution is 0.587. The van der Waals surface area contributed by atoms with Gasteiger partial charge in [0.2, 0.25) is 0 Å². The van der Waals surface area contributed by atoms with Crippen LogP contribution < -0.4 is 5.32 Å². The van der Waals surface area contributed by atoms with Crippen molar-refractivity contribution in [3.05, 3.63) is 51.6 Å². The van der Waals surface area contributed by atoms with Gasteiger partial charge >= 0.3 is 0 Å². The van der Waals surface area contributed by atoms with E-state index in [1.165, 1.54) is 6.07 Å². The summed E-state index contributed by atoms with van der Waals surface area (Å²) in [6, 6.07) is 4.73. The maximum absolute atomic E-state index is 13.6. The molecule has 102 valence electrons. The topological polar surface area (TPSA) is 29.9 Å². The highest BCUT2D eigenvalue weighted by molar-refractivity contribution is 6.30. The van der Waals surface area contributed by atoms with Crippen molar-refractivity contribution in [2.24, 2.45) is 7.05 Å². The predicted molar refractivity (Wildman–Crippen MR) is 74.6 cm³/mol. The van der Waals surface area contributed by atoms with Crippen LogP contribution in [0.3, 0.4) is 0 Å². The number of hydrogen-bond donors (Lipinski definition) is 1. The molecule has 2 aromatic rings. The molecule has 0 saturated heterocycles. The van der Waals surface area contributed by atoms with E-state index in [-0.39, 0.29) is 5.82 Å². The van der Waals surface area contributed by atoms with Gasteiger partial charge in [0.15, 0.2) is 0 Å². The molecular weight excluding hydrogens is 265 g/mol. The Kier molecular flexibility index (Phi) is 4.22. The van der Waals surface area contributed by atoms with Crippen LogP contribution >= 0.6 is 11.6 Å². The average Bonchev–Trinajstić information content (AvgIpc) is 2.58. The van der Waals surface area contributed by atoms with Gasteiger partial charge in [0.1, 0.15) is 5.82 Å². The number of halogens is 2. The Balaban J connectivity index is 2.00. The van der Waals surface area contributed by atoms with E-state index in [2.05, 4.69) is 10.4 Å². The van der Waals surface area contributed by atoms with Crippen molar-refractivity contribution in [1.82, 2.24) is 15.1 Å². The summed E-state index contributed by atoms with van der Waals surface area (Å²) < 4.78 is 15.5. The van der Waals surface area contributed by atoms with E-state index in [0.29, 0.717) is 23.7 Å². The summed E-state index contributed by atoms with van der Waals surface area (Å²) >= 11 is 5.72. The molecule has 1 aromatic carbocycles. The van der Waals surface area contributed by atoms with E-state index in [1.54, 1.807) is 12.1 Å². The second-order valence-corrected chi connectivity index (χ2v) is 5.05. The fourth-order valence-corrected chi connectivity index (χ4v) is 2.22. The van der Waals surface area contributed by atoms with Gasteiger partial charge in [-0.2, -0.15) is 5.10 Å². The molecule has 0 amide bonds. The van der Waals surface area contributed by atoms with Gasteiger partial charge in [-0.3, -0.25) is 4.68 Å². The Morgan fingerprint density at radius 1 is 1.32 bits per heavy atom. The highest BCUT2D eigenvalue weighted by atomic mass is 35.5. The number of nitrogens with one attached hydrogen (secondary N) is 1. The van der Waals surface area contributed by atoms with Gasteiger partial charge in [0, 0.05) is 42.0 Å². The van der Waals surface area contributed by atoms with Crippen molar-refractivity contribution < 1.29 is 4.39 Å². The SMILES string of the molecule is Cc1nn(C)c(C)c1CNCc1ccc(Cl)cc1F. The van der Waals surface area contributed by atoms with Gasteiger partial charge in [0.25, 0.3) is 0 Å². The molecular formula is C14H17ClFN3. The summed E-state index contributed by atoms with van der Waals surface area (Å²) in [4.78, 5) is 0. The summed E-state index contributed by atoms with van der Waals surface area (Å²) in [6.45, 7) is 5.15. The minimum absolute atomic E-state index is 0.278. The standard InChI is InChI=1S/C14H17ClFN3/c1-9-13(10(2)19(3)18-9)8-17-7-11-4-5-12(15)6-14(11)16/h4-6,17H,7-8H2,1-3H3. The van der Waals surface area contributed by atoms with Gasteiger partial charge < -0.3 is 5.32 Å². The largest absolute Gasteiger partial charge is 0.308 e. The van der Waals surface area contributed by atoms with Crippen molar-refractivity contribution in [1.29, 1.82) is 0 Å². The summed E-state index contributed by atoms with van der Waals surface area (Å²) in [5, 5.41) is 8.00. The van der Waals surface area contributed by atoms with Crippen molar-refractivity contribution in [3.8, 4) is 0 Å². The molecule has 2 rings (SSSR count). The summed E-state index contributed by atoms with van der Waals surface area (Å²) in [6.07, 6.45) is 0. The van der Waals surface area contributed by atoms with Crippen molar-refractivity contribution in [2.45, 2.75) is 26.9 Å². The third kappa shape index (κ3) is 3.14. The van der Waals surface area contributed by atoms with Crippen LogP contribution in [0.1, 0.15) is 22.5 Å². The molecule has 0 bridgehead atoms. The van der Waals surface area contributed by atoms with E-state index in [4.69, 9.17) is 11.6 Å². The molecule has 1 aromatic heterocycles. The Hall–Kier alpha value is -1.39. The van der Waals surface area contributed by atoms with Crippen molar-refractivity contribution >= 4 is 11.6 Å². The third-order valence-electron chi connectivity index (χ3n) is 3.29. The molecule has 5 heteroatoms. The fourth-order valence-electron chi connectivity index (χ4n) is 2.06. The molecule has 0 aliphatic heterocycles. The number of rotatable bonds is 4. The lowest BCUT2D eigenvalue weighted by atomic mass is 10.1. The molecule has 19 heavy (non-hydrogen) atoms. The van der Waals surface area contributed by atoms with E-state index in [1.807, 2.05) is 25.6 Å². The van der Waals surface area contributed by atoms with Crippen LogP contribution in [0.15, 0.2) is 18.2 Å². The molecule has 0 radical (unpaired) electrons. The first-order valence-corrected chi connectivity index (χ1v) is 6.50. The number of nitrogens with zero attached hydrogens (tertiary/aromatic N) is 2. The average molecular weight is 282 g/mol. The maximum atomic E-state index is 13.6. The molecule has 0 saturated carbocycles. The normalized spacial score (nSPS) is 11.0. The number of aromatic nitrogens is 2. The highest BCUT2D eigenvalue weighted by Crippen LogP contribution is 2.15. The lowest BCUT2D eigenvalue weighted by Gasteiger charge is -2.07. The Bertz CT molecular complexity index is 593. The molecule has 0 unspecified atom stereocenters. The second kappa shape index (κ2) is 5.72. The molecule has 0 spiro atoms. The first-order valence-electron chi connectivity index (χ1n) is 6.12. The third-order valence-corrected chi connectivity index (χ3v) is 3.53. The van der Waals surface area contributed by atoms with Crippen molar-refractivity contribution in [3.63, 3.8) is 0 Å². The van der Waals surface area contributed by atoms with E-state index in [9.17, 15) is 4.39 Å². The minimum atomic E-state index is -0.278. The second-order valence-electron chi connectivity index (χ2n) is 4.61. The van der Waals surface area contributed by atoms with Crippen LogP contribution in [0, 0.1) is 19.7 Å². The quantitative estimate of drug-likeness (QED) is 0.933. The Morgan fingerprint density at radius 3 is 2.63 bits per heavy atom. The van der Waals surface area contributed by atoms with Gasteiger partial charge in [-0.1, -0.05) is 17.7 Å². The van der Waals surface area contributed by atoms with Crippen LogP contribution in [0.25, 0.3) is 0 Å². The first-order chi connectivity index (χ1) is 8.99. The zero-order chi connectivity index (χ0) is 14.0. The molecule has 0 fully saturated rings. The molecule has 1 heterocycles. The van der Waals surface area contributed by atoms with E-state index >= 15 is 0 Å². The zero-order valence-corrected chi connectivity index (χ0v) is 12.1. The number of benzene rings is 1. The summed E-state index contributed by atoms with van der Waals surface area (Å²) in [5.41, 5.74) is 3.91. The van der Waals surface area contributed by atoms with Gasteiger partial charge in [-0.05, 0) is 26.0 Å². The zero-order valence-electron chi connectivity index (χ0n) is 11.3. The van der Waals surface area contributed by atoms with Gasteiger partial charge in [-0.15, -0.1) is 0 Å².